The first-order chi connectivity index (χ1) is 11.8. The van der Waals surface area contributed by atoms with Gasteiger partial charge in [0.1, 0.15) is 26.6 Å². The van der Waals surface area contributed by atoms with Crippen LogP contribution in [0.2, 0.25) is 6.32 Å². The molecule has 0 aromatic rings. The predicted molar refractivity (Wildman–Crippen MR) is 99.2 cm³/mol. The Labute approximate surface area is 152 Å². The molecule has 2 saturated heterocycles. The zero-order valence-corrected chi connectivity index (χ0v) is 16.2. The molecule has 6 nitrogen and oxygen atoms in total. The van der Waals surface area contributed by atoms with Gasteiger partial charge in [-0.25, -0.2) is 0 Å². The lowest BCUT2D eigenvalue weighted by Gasteiger charge is -2.32. The normalized spacial score (nSPS) is 28.6. The van der Waals surface area contributed by atoms with Crippen LogP contribution in [0.5, 0.6) is 0 Å². The van der Waals surface area contributed by atoms with E-state index in [1.807, 2.05) is 0 Å². The maximum Gasteiger partial charge on any atom is 0.326 e. The third-order valence-corrected chi connectivity index (χ3v) is 5.32. The molecule has 0 saturated carbocycles. The van der Waals surface area contributed by atoms with Gasteiger partial charge in [0.2, 0.25) is 0 Å². The third kappa shape index (κ3) is 4.76. The van der Waals surface area contributed by atoms with Crippen LogP contribution in [0, 0.1) is 11.3 Å². The highest BCUT2D eigenvalue weighted by atomic mass is 16.6. The van der Waals surface area contributed by atoms with Gasteiger partial charge < -0.3 is 20.1 Å². The van der Waals surface area contributed by atoms with Crippen molar-refractivity contribution in [3.63, 3.8) is 0 Å². The molecule has 0 bridgehead atoms. The molecule has 2 aliphatic heterocycles. The average Bonchev–Trinajstić information content (AvgIpc) is 3.14. The molecular formula is C18H33BN2O4. The van der Waals surface area contributed by atoms with E-state index in [9.17, 15) is 9.59 Å². The fraction of sp³-hybridized carbons (Fsp3) is 0.889. The Balaban J connectivity index is 1.89. The van der Waals surface area contributed by atoms with E-state index < -0.39 is 11.0 Å². The zero-order chi connectivity index (χ0) is 18.5. The molecule has 0 amide bonds. The van der Waals surface area contributed by atoms with Crippen molar-refractivity contribution in [3.05, 3.63) is 0 Å². The topological polar surface area (TPSA) is 76.7 Å². The van der Waals surface area contributed by atoms with Crippen molar-refractivity contribution in [2.75, 3.05) is 26.3 Å². The van der Waals surface area contributed by atoms with Crippen LogP contribution in [0.25, 0.3) is 0 Å². The molecule has 2 heterocycles. The highest BCUT2D eigenvalue weighted by Crippen LogP contribution is 2.38. The molecule has 0 unspecified atom stereocenters. The van der Waals surface area contributed by atoms with Gasteiger partial charge in [0.05, 0.1) is 5.41 Å². The molecule has 0 aliphatic carbocycles. The number of ether oxygens (including phenoxy) is 2. The van der Waals surface area contributed by atoms with Crippen LogP contribution >= 0.6 is 0 Å². The number of hydrogen-bond donors (Lipinski definition) is 2. The zero-order valence-electron chi connectivity index (χ0n) is 16.2. The summed E-state index contributed by atoms with van der Waals surface area (Å²) in [6, 6.07) is 0.355. The summed E-state index contributed by atoms with van der Waals surface area (Å²) in [5, 5.41) is 6.94. The van der Waals surface area contributed by atoms with Crippen molar-refractivity contribution in [2.45, 2.75) is 64.4 Å². The first-order valence-corrected chi connectivity index (χ1v) is 9.64. The smallest absolute Gasteiger partial charge is 0.326 e. The Morgan fingerprint density at radius 1 is 1.20 bits per heavy atom. The van der Waals surface area contributed by atoms with Gasteiger partial charge in [-0.2, -0.15) is 0 Å². The number of rotatable bonds is 8. The molecule has 2 N–H and O–H groups in total. The van der Waals surface area contributed by atoms with E-state index in [-0.39, 0.29) is 31.1 Å². The monoisotopic (exact) mass is 352 g/mol. The number of esters is 2. The molecule has 2 rings (SSSR count). The van der Waals surface area contributed by atoms with Crippen LogP contribution in [0.4, 0.5) is 0 Å². The summed E-state index contributed by atoms with van der Waals surface area (Å²) >= 11 is 0. The van der Waals surface area contributed by atoms with Crippen molar-refractivity contribution < 1.29 is 19.1 Å². The van der Waals surface area contributed by atoms with E-state index in [0.29, 0.717) is 6.04 Å². The molecule has 3 atom stereocenters. The molecule has 0 aromatic heterocycles. The Kier molecular flexibility index (Phi) is 6.91. The van der Waals surface area contributed by atoms with Gasteiger partial charge in [-0.3, -0.25) is 9.59 Å². The minimum Gasteiger partial charge on any atom is -0.462 e. The first kappa shape index (κ1) is 20.2. The summed E-state index contributed by atoms with van der Waals surface area (Å²) in [4.78, 5) is 24.7. The van der Waals surface area contributed by atoms with Gasteiger partial charge in [0, 0.05) is 18.5 Å². The van der Waals surface area contributed by atoms with Crippen LogP contribution in [0.15, 0.2) is 0 Å². The fourth-order valence-electron chi connectivity index (χ4n) is 3.86. The molecule has 142 valence electrons. The van der Waals surface area contributed by atoms with Crippen molar-refractivity contribution in [1.29, 1.82) is 0 Å². The van der Waals surface area contributed by atoms with Gasteiger partial charge in [-0.05, 0) is 40.2 Å². The van der Waals surface area contributed by atoms with Gasteiger partial charge in [0.15, 0.2) is 0 Å². The molecule has 2 fully saturated rings. The number of hydrogen-bond acceptors (Lipinski definition) is 6. The minimum absolute atomic E-state index is 0.110. The van der Waals surface area contributed by atoms with Crippen molar-refractivity contribution >= 4 is 19.8 Å². The molecular weight excluding hydrogens is 319 g/mol. The standard InChI is InChI=1S/C18H33BN2O4/c1-17(2,3)15(22)24-10-11-25-16(23)18(7-4-5-8-19)13-6-9-20-14(13)12-21-18/h13-14,20-21H,4-12,19H2,1-3H3/t13-,14-,18+/m0/s1. The fourth-order valence-corrected chi connectivity index (χ4v) is 3.86. The van der Waals surface area contributed by atoms with Crippen LogP contribution in [-0.4, -0.2) is 57.7 Å². The van der Waals surface area contributed by atoms with E-state index in [2.05, 4.69) is 18.5 Å². The van der Waals surface area contributed by atoms with Gasteiger partial charge in [0.25, 0.3) is 0 Å². The summed E-state index contributed by atoms with van der Waals surface area (Å²) in [6.45, 7) is 7.41. The second kappa shape index (κ2) is 8.54. The Morgan fingerprint density at radius 3 is 2.60 bits per heavy atom. The first-order valence-electron chi connectivity index (χ1n) is 9.64. The summed E-state index contributed by atoms with van der Waals surface area (Å²) in [5.41, 5.74) is -1.13. The molecule has 2 aliphatic rings. The molecule has 25 heavy (non-hydrogen) atoms. The van der Waals surface area contributed by atoms with Crippen molar-refractivity contribution in [1.82, 2.24) is 10.6 Å². The predicted octanol–water partition coefficient (Wildman–Crippen LogP) is 0.661. The van der Waals surface area contributed by atoms with Crippen LogP contribution < -0.4 is 10.6 Å². The summed E-state index contributed by atoms with van der Waals surface area (Å²) in [5.74, 6) is -0.180. The molecule has 0 spiro atoms. The lowest BCUT2D eigenvalue weighted by atomic mass is 9.78. The number of fused-ring (bicyclic) bond motifs is 1. The highest BCUT2D eigenvalue weighted by molar-refractivity contribution is 6.08. The maximum absolute atomic E-state index is 12.9. The third-order valence-electron chi connectivity index (χ3n) is 5.32. The summed E-state index contributed by atoms with van der Waals surface area (Å²) in [7, 11) is 2.16. The van der Waals surface area contributed by atoms with Crippen molar-refractivity contribution in [3.8, 4) is 0 Å². The van der Waals surface area contributed by atoms with Gasteiger partial charge in [-0.15, -0.1) is 0 Å². The van der Waals surface area contributed by atoms with Gasteiger partial charge in [-0.1, -0.05) is 19.2 Å². The number of nitrogens with one attached hydrogen (secondary N) is 2. The van der Waals surface area contributed by atoms with Crippen LogP contribution in [-0.2, 0) is 19.1 Å². The highest BCUT2D eigenvalue weighted by Gasteiger charge is 2.55. The summed E-state index contributed by atoms with van der Waals surface area (Å²) in [6.07, 6.45) is 5.06. The van der Waals surface area contributed by atoms with Crippen LogP contribution in [0.3, 0.4) is 0 Å². The average molecular weight is 352 g/mol. The Morgan fingerprint density at radius 2 is 1.92 bits per heavy atom. The van der Waals surface area contributed by atoms with E-state index in [0.717, 1.165) is 45.1 Å². The van der Waals surface area contributed by atoms with Crippen LogP contribution in [0.1, 0.15) is 46.5 Å². The Bertz CT molecular complexity index is 480. The molecule has 0 radical (unpaired) electrons. The second-order valence-electron chi connectivity index (χ2n) is 8.29. The van der Waals surface area contributed by atoms with E-state index in [1.165, 1.54) is 0 Å². The van der Waals surface area contributed by atoms with Gasteiger partial charge >= 0.3 is 11.9 Å². The lowest BCUT2D eigenvalue weighted by molar-refractivity contribution is -0.162. The molecule has 7 heteroatoms. The minimum atomic E-state index is -0.586. The van der Waals surface area contributed by atoms with E-state index >= 15 is 0 Å². The lowest BCUT2D eigenvalue weighted by Crippen LogP contribution is -2.53. The number of carbonyl (C=O) groups excluding carboxylic acids is 2. The summed E-state index contributed by atoms with van der Waals surface area (Å²) < 4.78 is 10.7. The SMILES string of the molecule is BCCCC[C@@]1(C(=O)OCCOC(=O)C(C)(C)C)NC[C@@H]2NCC[C@@H]21. The number of unbranched alkanes of at least 4 members (excludes halogenated alkanes) is 1. The quantitative estimate of drug-likeness (QED) is 0.380. The van der Waals surface area contributed by atoms with Crippen molar-refractivity contribution in [2.24, 2.45) is 11.3 Å². The van der Waals surface area contributed by atoms with E-state index in [4.69, 9.17) is 9.47 Å². The maximum atomic E-state index is 12.9. The Hall–Kier alpha value is -1.08. The number of carbonyl (C=O) groups is 2. The largest absolute Gasteiger partial charge is 0.462 e. The second-order valence-corrected chi connectivity index (χ2v) is 8.29. The molecule has 0 aromatic carbocycles. The van der Waals surface area contributed by atoms with E-state index in [1.54, 1.807) is 20.8 Å².